The molecule has 1 N–H and O–H groups in total. The van der Waals surface area contributed by atoms with Gasteiger partial charge in [0.25, 0.3) is 0 Å². The first-order valence-corrected chi connectivity index (χ1v) is 8.59. The summed E-state index contributed by atoms with van der Waals surface area (Å²) in [6.07, 6.45) is 1.56. The molecule has 0 spiro atoms. The Kier molecular flexibility index (Phi) is 5.37. The number of nitrogens with one attached hydrogen (secondary N) is 1. The molecule has 134 valence electrons. The van der Waals surface area contributed by atoms with Gasteiger partial charge in [-0.15, -0.1) is 0 Å². The van der Waals surface area contributed by atoms with Gasteiger partial charge in [0.15, 0.2) is 0 Å². The molecule has 1 aromatic heterocycles. The molecule has 5 heteroatoms. The van der Waals surface area contributed by atoms with Crippen LogP contribution in [0.2, 0.25) is 0 Å². The topological polar surface area (TPSA) is 60.5 Å². The predicted octanol–water partition coefficient (Wildman–Crippen LogP) is 4.59. The number of carbonyl (C=O) groups is 1. The third-order valence-corrected chi connectivity index (χ3v) is 4.23. The summed E-state index contributed by atoms with van der Waals surface area (Å²) in [4.78, 5) is 16.9. The third kappa shape index (κ3) is 3.61. The van der Waals surface area contributed by atoms with E-state index in [-0.39, 0.29) is 6.04 Å². The molecule has 0 saturated heterocycles. The first-order chi connectivity index (χ1) is 12.6. The Morgan fingerprint density at radius 1 is 1.19 bits per heavy atom. The number of carbonyl (C=O) groups excluding carboxylic acids is 1. The Hall–Kier alpha value is -3.08. The third-order valence-electron chi connectivity index (χ3n) is 4.23. The number of anilines is 1. The van der Waals surface area contributed by atoms with Crippen LogP contribution in [-0.4, -0.2) is 24.7 Å². The highest BCUT2D eigenvalue weighted by atomic mass is 16.5. The molecule has 3 aromatic rings. The summed E-state index contributed by atoms with van der Waals surface area (Å²) in [5.41, 5.74) is 3.01. The maximum absolute atomic E-state index is 12.4. The summed E-state index contributed by atoms with van der Waals surface area (Å²) >= 11 is 0. The second-order valence-corrected chi connectivity index (χ2v) is 5.93. The second-order valence-electron chi connectivity index (χ2n) is 5.93. The van der Waals surface area contributed by atoms with Crippen molar-refractivity contribution in [1.29, 1.82) is 0 Å². The van der Waals surface area contributed by atoms with E-state index in [1.807, 2.05) is 48.5 Å². The molecular weight excluding hydrogens is 328 g/mol. The van der Waals surface area contributed by atoms with Crippen LogP contribution < -0.4 is 10.1 Å². The van der Waals surface area contributed by atoms with E-state index in [0.29, 0.717) is 23.6 Å². The SMILES string of the molecule is CCOC(=O)c1cnc2ccc(OC)cc2c1NC(C)c1ccccc1. The normalized spacial score (nSPS) is 11.8. The molecule has 1 heterocycles. The van der Waals surface area contributed by atoms with Crippen molar-refractivity contribution >= 4 is 22.6 Å². The van der Waals surface area contributed by atoms with Gasteiger partial charge in [-0.3, -0.25) is 4.98 Å². The fourth-order valence-corrected chi connectivity index (χ4v) is 2.86. The van der Waals surface area contributed by atoms with Gasteiger partial charge < -0.3 is 14.8 Å². The first-order valence-electron chi connectivity index (χ1n) is 8.59. The molecule has 0 amide bonds. The molecule has 0 aliphatic carbocycles. The minimum Gasteiger partial charge on any atom is -0.497 e. The molecule has 0 radical (unpaired) electrons. The number of fused-ring (bicyclic) bond motifs is 1. The molecule has 0 bridgehead atoms. The Labute approximate surface area is 153 Å². The van der Waals surface area contributed by atoms with Crippen molar-refractivity contribution in [1.82, 2.24) is 4.98 Å². The summed E-state index contributed by atoms with van der Waals surface area (Å²) in [6, 6.07) is 15.7. The fourth-order valence-electron chi connectivity index (χ4n) is 2.86. The average molecular weight is 350 g/mol. The maximum Gasteiger partial charge on any atom is 0.341 e. The van der Waals surface area contributed by atoms with Gasteiger partial charge >= 0.3 is 5.97 Å². The number of esters is 1. The number of rotatable bonds is 6. The van der Waals surface area contributed by atoms with Gasteiger partial charge in [0.05, 0.1) is 24.9 Å². The van der Waals surface area contributed by atoms with Gasteiger partial charge in [0.2, 0.25) is 0 Å². The largest absolute Gasteiger partial charge is 0.497 e. The van der Waals surface area contributed by atoms with E-state index in [9.17, 15) is 4.79 Å². The number of methoxy groups -OCH3 is 1. The fraction of sp³-hybridized carbons (Fsp3) is 0.238. The Morgan fingerprint density at radius 3 is 2.65 bits per heavy atom. The smallest absolute Gasteiger partial charge is 0.341 e. The number of nitrogens with zero attached hydrogens (tertiary/aromatic N) is 1. The standard InChI is InChI=1S/C21H22N2O3/c1-4-26-21(24)18-13-22-19-11-10-16(25-3)12-17(19)20(18)23-14(2)15-8-6-5-7-9-15/h5-14H,4H2,1-3H3,(H,22,23). The van der Waals surface area contributed by atoms with E-state index in [1.54, 1.807) is 20.2 Å². The van der Waals surface area contributed by atoms with Gasteiger partial charge in [-0.2, -0.15) is 0 Å². The van der Waals surface area contributed by atoms with Crippen molar-refractivity contribution in [2.75, 3.05) is 19.0 Å². The second kappa shape index (κ2) is 7.87. The summed E-state index contributed by atoms with van der Waals surface area (Å²) < 4.78 is 10.6. The van der Waals surface area contributed by atoms with E-state index in [0.717, 1.165) is 16.5 Å². The van der Waals surface area contributed by atoms with Crippen molar-refractivity contribution in [2.24, 2.45) is 0 Å². The average Bonchev–Trinajstić information content (AvgIpc) is 2.68. The molecule has 1 unspecified atom stereocenters. The van der Waals surface area contributed by atoms with Crippen LogP contribution in [0.25, 0.3) is 10.9 Å². The molecular formula is C21H22N2O3. The number of hydrogen-bond donors (Lipinski definition) is 1. The first kappa shape index (κ1) is 17.7. The zero-order chi connectivity index (χ0) is 18.5. The van der Waals surface area contributed by atoms with E-state index in [2.05, 4.69) is 17.2 Å². The number of benzene rings is 2. The molecule has 0 aliphatic heterocycles. The van der Waals surface area contributed by atoms with Crippen molar-refractivity contribution in [3.63, 3.8) is 0 Å². The molecule has 0 fully saturated rings. The maximum atomic E-state index is 12.4. The quantitative estimate of drug-likeness (QED) is 0.659. The van der Waals surface area contributed by atoms with Crippen LogP contribution >= 0.6 is 0 Å². The van der Waals surface area contributed by atoms with Crippen molar-refractivity contribution in [3.05, 3.63) is 65.9 Å². The lowest BCUT2D eigenvalue weighted by molar-refractivity contribution is 0.0527. The number of pyridine rings is 1. The lowest BCUT2D eigenvalue weighted by Crippen LogP contribution is -2.13. The van der Waals surface area contributed by atoms with Crippen LogP contribution in [0.15, 0.2) is 54.7 Å². The molecule has 1 atom stereocenters. The van der Waals surface area contributed by atoms with E-state index < -0.39 is 5.97 Å². The number of hydrogen-bond acceptors (Lipinski definition) is 5. The molecule has 26 heavy (non-hydrogen) atoms. The highest BCUT2D eigenvalue weighted by Gasteiger charge is 2.19. The zero-order valence-electron chi connectivity index (χ0n) is 15.2. The van der Waals surface area contributed by atoms with Crippen LogP contribution in [-0.2, 0) is 4.74 Å². The van der Waals surface area contributed by atoms with E-state index in [1.165, 1.54) is 0 Å². The van der Waals surface area contributed by atoms with Gasteiger partial charge in [-0.1, -0.05) is 30.3 Å². The lowest BCUT2D eigenvalue weighted by atomic mass is 10.0. The van der Waals surface area contributed by atoms with Crippen LogP contribution in [0.1, 0.15) is 35.8 Å². The summed E-state index contributed by atoms with van der Waals surface area (Å²) in [5, 5.41) is 4.28. The molecule has 0 aliphatic rings. The number of ether oxygens (including phenoxy) is 2. The van der Waals surface area contributed by atoms with E-state index >= 15 is 0 Å². The van der Waals surface area contributed by atoms with Crippen molar-refractivity contribution < 1.29 is 14.3 Å². The van der Waals surface area contributed by atoms with Crippen LogP contribution in [0.3, 0.4) is 0 Å². The van der Waals surface area contributed by atoms with Crippen molar-refractivity contribution in [2.45, 2.75) is 19.9 Å². The van der Waals surface area contributed by atoms with Crippen LogP contribution in [0, 0.1) is 0 Å². The monoisotopic (exact) mass is 350 g/mol. The zero-order valence-corrected chi connectivity index (χ0v) is 15.2. The lowest BCUT2D eigenvalue weighted by Gasteiger charge is -2.20. The Morgan fingerprint density at radius 2 is 1.96 bits per heavy atom. The summed E-state index contributed by atoms with van der Waals surface area (Å²) in [6.45, 7) is 4.15. The van der Waals surface area contributed by atoms with E-state index in [4.69, 9.17) is 9.47 Å². The summed E-state index contributed by atoms with van der Waals surface area (Å²) in [5.74, 6) is 0.309. The highest BCUT2D eigenvalue weighted by molar-refractivity contribution is 6.05. The minimum atomic E-state index is -0.396. The Bertz CT molecular complexity index is 910. The molecule has 0 saturated carbocycles. The number of aromatic nitrogens is 1. The summed E-state index contributed by atoms with van der Waals surface area (Å²) in [7, 11) is 1.61. The molecule has 3 rings (SSSR count). The highest BCUT2D eigenvalue weighted by Crippen LogP contribution is 2.32. The van der Waals surface area contributed by atoms with Gasteiger partial charge in [0.1, 0.15) is 11.3 Å². The minimum absolute atomic E-state index is 0.00109. The molecule has 5 nitrogen and oxygen atoms in total. The predicted molar refractivity (Wildman–Crippen MR) is 103 cm³/mol. The van der Waals surface area contributed by atoms with Gasteiger partial charge in [0, 0.05) is 17.6 Å². The molecule has 2 aromatic carbocycles. The van der Waals surface area contributed by atoms with Crippen molar-refractivity contribution in [3.8, 4) is 5.75 Å². The van der Waals surface area contributed by atoms with Crippen LogP contribution in [0.4, 0.5) is 5.69 Å². The van der Waals surface area contributed by atoms with Gasteiger partial charge in [-0.05, 0) is 37.6 Å². The van der Waals surface area contributed by atoms with Crippen LogP contribution in [0.5, 0.6) is 5.75 Å². The van der Waals surface area contributed by atoms with Gasteiger partial charge in [-0.25, -0.2) is 4.79 Å². The Balaban J connectivity index is 2.11.